The minimum absolute atomic E-state index is 0.0920. The van der Waals surface area contributed by atoms with E-state index in [2.05, 4.69) is 5.10 Å². The van der Waals surface area contributed by atoms with Gasteiger partial charge in [-0.25, -0.2) is 0 Å². The molecule has 0 atom stereocenters. The van der Waals surface area contributed by atoms with Crippen molar-refractivity contribution in [1.29, 1.82) is 0 Å². The second kappa shape index (κ2) is 5.85. The molecule has 112 valence electrons. The van der Waals surface area contributed by atoms with Gasteiger partial charge in [0.15, 0.2) is 0 Å². The van der Waals surface area contributed by atoms with E-state index in [1.807, 2.05) is 29.3 Å². The van der Waals surface area contributed by atoms with Crippen LogP contribution in [0.25, 0.3) is 0 Å². The summed E-state index contributed by atoms with van der Waals surface area (Å²) in [5.41, 5.74) is 2.94. The van der Waals surface area contributed by atoms with E-state index in [4.69, 9.17) is 4.74 Å². The molecule has 0 amide bonds. The number of methoxy groups -OCH3 is 1. The van der Waals surface area contributed by atoms with Gasteiger partial charge >= 0.3 is 0 Å². The maximum absolute atomic E-state index is 10.7. The lowest BCUT2D eigenvalue weighted by Crippen LogP contribution is -2.11. The first-order valence-electron chi connectivity index (χ1n) is 6.91. The van der Waals surface area contributed by atoms with Crippen LogP contribution in [0.5, 0.6) is 5.75 Å². The van der Waals surface area contributed by atoms with E-state index in [1.54, 1.807) is 19.2 Å². The Morgan fingerprint density at radius 1 is 1.14 bits per heavy atom. The highest BCUT2D eigenvalue weighted by molar-refractivity contribution is 6.02. The summed E-state index contributed by atoms with van der Waals surface area (Å²) in [4.78, 5) is 10.3. The molecule has 0 saturated heterocycles. The molecule has 0 aromatic heterocycles. The highest BCUT2D eigenvalue weighted by Crippen LogP contribution is 2.24. The second-order valence-corrected chi connectivity index (χ2v) is 4.92. The van der Waals surface area contributed by atoms with Gasteiger partial charge in [0.2, 0.25) is 0 Å². The third kappa shape index (κ3) is 2.76. The predicted molar refractivity (Wildman–Crippen MR) is 84.6 cm³/mol. The lowest BCUT2D eigenvalue weighted by Gasteiger charge is -2.13. The Balaban J connectivity index is 1.79. The SMILES string of the molecule is COc1ccc(N2CCC(c3ccc([N+](=O)[O-])cc3)=N2)cc1. The molecule has 0 radical (unpaired) electrons. The topological polar surface area (TPSA) is 68.0 Å². The molecule has 0 bridgehead atoms. The molecule has 2 aromatic carbocycles. The number of rotatable bonds is 4. The van der Waals surface area contributed by atoms with Crippen LogP contribution in [-0.2, 0) is 0 Å². The zero-order valence-corrected chi connectivity index (χ0v) is 12.1. The number of nitrogens with zero attached hydrogens (tertiary/aromatic N) is 3. The molecule has 0 N–H and O–H groups in total. The van der Waals surface area contributed by atoms with Crippen LogP contribution >= 0.6 is 0 Å². The second-order valence-electron chi connectivity index (χ2n) is 4.92. The Labute approximate surface area is 127 Å². The number of hydrogen-bond acceptors (Lipinski definition) is 5. The summed E-state index contributed by atoms with van der Waals surface area (Å²) in [7, 11) is 1.63. The minimum atomic E-state index is -0.399. The molecule has 6 nitrogen and oxygen atoms in total. The monoisotopic (exact) mass is 297 g/mol. The molecule has 0 spiro atoms. The first-order chi connectivity index (χ1) is 10.7. The van der Waals surface area contributed by atoms with Crippen molar-refractivity contribution < 1.29 is 9.66 Å². The normalized spacial score (nSPS) is 13.9. The van der Waals surface area contributed by atoms with Crippen molar-refractivity contribution in [2.45, 2.75) is 6.42 Å². The quantitative estimate of drug-likeness (QED) is 0.642. The third-order valence-electron chi connectivity index (χ3n) is 3.58. The van der Waals surface area contributed by atoms with Crippen molar-refractivity contribution in [2.24, 2.45) is 5.10 Å². The highest BCUT2D eigenvalue weighted by atomic mass is 16.6. The van der Waals surface area contributed by atoms with E-state index in [-0.39, 0.29) is 5.69 Å². The highest BCUT2D eigenvalue weighted by Gasteiger charge is 2.18. The summed E-state index contributed by atoms with van der Waals surface area (Å²) < 4.78 is 5.14. The molecule has 1 heterocycles. The minimum Gasteiger partial charge on any atom is -0.497 e. The van der Waals surface area contributed by atoms with E-state index in [9.17, 15) is 10.1 Å². The van der Waals surface area contributed by atoms with Crippen LogP contribution in [0.2, 0.25) is 0 Å². The van der Waals surface area contributed by atoms with E-state index < -0.39 is 4.92 Å². The van der Waals surface area contributed by atoms with E-state index >= 15 is 0 Å². The molecule has 6 heteroatoms. The van der Waals surface area contributed by atoms with Gasteiger partial charge in [0.1, 0.15) is 5.75 Å². The standard InChI is InChI=1S/C16H15N3O3/c1-22-15-8-6-13(7-9-15)18-11-10-16(17-18)12-2-4-14(5-3-12)19(20)21/h2-9H,10-11H2,1H3. The van der Waals surface area contributed by atoms with Gasteiger partial charge in [-0.1, -0.05) is 0 Å². The van der Waals surface area contributed by atoms with E-state index in [0.29, 0.717) is 0 Å². The van der Waals surface area contributed by atoms with Crippen LogP contribution in [0.15, 0.2) is 53.6 Å². The lowest BCUT2D eigenvalue weighted by atomic mass is 10.1. The van der Waals surface area contributed by atoms with Crippen molar-refractivity contribution in [3.8, 4) is 5.75 Å². The number of non-ortho nitro benzene ring substituents is 1. The molecular formula is C16H15N3O3. The lowest BCUT2D eigenvalue weighted by molar-refractivity contribution is -0.384. The van der Waals surface area contributed by atoms with Gasteiger partial charge in [-0.05, 0) is 42.0 Å². The van der Waals surface area contributed by atoms with Crippen LogP contribution in [0, 0.1) is 10.1 Å². The van der Waals surface area contributed by atoms with Crippen LogP contribution in [0.4, 0.5) is 11.4 Å². The summed E-state index contributed by atoms with van der Waals surface area (Å²) in [5.74, 6) is 0.808. The fraction of sp³-hybridized carbons (Fsp3) is 0.188. The molecular weight excluding hydrogens is 282 g/mol. The van der Waals surface area contributed by atoms with Gasteiger partial charge in [0.05, 0.1) is 23.4 Å². The van der Waals surface area contributed by atoms with Gasteiger partial charge in [0.25, 0.3) is 5.69 Å². The Hall–Kier alpha value is -2.89. The number of anilines is 1. The molecule has 1 aliphatic heterocycles. The zero-order valence-electron chi connectivity index (χ0n) is 12.1. The zero-order chi connectivity index (χ0) is 15.5. The van der Waals surface area contributed by atoms with Crippen molar-refractivity contribution in [3.63, 3.8) is 0 Å². The number of ether oxygens (including phenoxy) is 1. The molecule has 3 rings (SSSR count). The van der Waals surface area contributed by atoms with E-state index in [1.165, 1.54) is 12.1 Å². The van der Waals surface area contributed by atoms with Crippen molar-refractivity contribution in [1.82, 2.24) is 0 Å². The molecule has 0 saturated carbocycles. The number of hydrogen-bond donors (Lipinski definition) is 0. The van der Waals surface area contributed by atoms with Crippen LogP contribution in [0.3, 0.4) is 0 Å². The summed E-state index contributed by atoms with van der Waals surface area (Å²) in [5, 5.41) is 17.2. The Morgan fingerprint density at radius 2 is 1.82 bits per heavy atom. The summed E-state index contributed by atoms with van der Waals surface area (Å²) in [6.07, 6.45) is 0.809. The smallest absolute Gasteiger partial charge is 0.269 e. The summed E-state index contributed by atoms with van der Waals surface area (Å²) in [6, 6.07) is 14.2. The maximum Gasteiger partial charge on any atom is 0.269 e. The largest absolute Gasteiger partial charge is 0.497 e. The van der Waals surface area contributed by atoms with Crippen molar-refractivity contribution >= 4 is 17.1 Å². The third-order valence-corrected chi connectivity index (χ3v) is 3.58. The fourth-order valence-corrected chi connectivity index (χ4v) is 2.38. The first-order valence-corrected chi connectivity index (χ1v) is 6.91. The average molecular weight is 297 g/mol. The Bertz CT molecular complexity index is 708. The average Bonchev–Trinajstić information content (AvgIpc) is 3.05. The van der Waals surface area contributed by atoms with Crippen LogP contribution in [-0.4, -0.2) is 24.3 Å². The van der Waals surface area contributed by atoms with Gasteiger partial charge in [0, 0.05) is 25.1 Å². The molecule has 0 unspecified atom stereocenters. The molecule has 0 aliphatic carbocycles. The Morgan fingerprint density at radius 3 is 2.41 bits per heavy atom. The number of hydrazone groups is 1. The Kier molecular flexibility index (Phi) is 3.74. The number of benzene rings is 2. The summed E-state index contributed by atoms with van der Waals surface area (Å²) >= 11 is 0. The first kappa shape index (κ1) is 14.1. The number of nitro benzene ring substituents is 1. The predicted octanol–water partition coefficient (Wildman–Crippen LogP) is 3.22. The number of nitro groups is 1. The van der Waals surface area contributed by atoms with Crippen LogP contribution < -0.4 is 9.75 Å². The van der Waals surface area contributed by atoms with Gasteiger partial charge < -0.3 is 4.74 Å². The van der Waals surface area contributed by atoms with Crippen molar-refractivity contribution in [3.05, 3.63) is 64.2 Å². The van der Waals surface area contributed by atoms with Gasteiger partial charge in [-0.3, -0.25) is 15.1 Å². The fourth-order valence-electron chi connectivity index (χ4n) is 2.38. The van der Waals surface area contributed by atoms with Crippen LogP contribution in [0.1, 0.15) is 12.0 Å². The van der Waals surface area contributed by atoms with Gasteiger partial charge in [-0.2, -0.15) is 5.10 Å². The maximum atomic E-state index is 10.7. The van der Waals surface area contributed by atoms with E-state index in [0.717, 1.165) is 35.7 Å². The van der Waals surface area contributed by atoms with Gasteiger partial charge in [-0.15, -0.1) is 0 Å². The molecule has 22 heavy (non-hydrogen) atoms. The summed E-state index contributed by atoms with van der Waals surface area (Å²) in [6.45, 7) is 0.790. The molecule has 2 aromatic rings. The molecule has 0 fully saturated rings. The molecule has 1 aliphatic rings. The van der Waals surface area contributed by atoms with Crippen molar-refractivity contribution in [2.75, 3.05) is 18.7 Å².